The fourth-order valence-corrected chi connectivity index (χ4v) is 3.21. The maximum atomic E-state index is 13.1. The van der Waals surface area contributed by atoms with Crippen LogP contribution in [0.2, 0.25) is 0 Å². The van der Waals surface area contributed by atoms with Gasteiger partial charge in [0.1, 0.15) is 10.8 Å². The molecule has 2 nitrogen and oxygen atoms in total. The summed E-state index contributed by atoms with van der Waals surface area (Å²) in [7, 11) is 0. The summed E-state index contributed by atoms with van der Waals surface area (Å²) in [5.74, 6) is -0.184. The normalized spacial score (nSPS) is 14.1. The second-order valence-electron chi connectivity index (χ2n) is 5.46. The van der Waals surface area contributed by atoms with Crippen molar-refractivity contribution in [1.82, 2.24) is 10.3 Å². The van der Waals surface area contributed by atoms with Crippen LogP contribution in [0.1, 0.15) is 61.5 Å². The average Bonchev–Trinajstić information content (AvgIpc) is 2.91. The third kappa shape index (κ3) is 4.61. The first-order valence-electron chi connectivity index (χ1n) is 7.53. The van der Waals surface area contributed by atoms with E-state index in [2.05, 4.69) is 29.5 Å². The molecule has 1 heterocycles. The van der Waals surface area contributed by atoms with Gasteiger partial charge in [-0.2, -0.15) is 0 Å². The third-order valence-corrected chi connectivity index (χ3v) is 4.72. The minimum atomic E-state index is -0.184. The third-order valence-electron chi connectivity index (χ3n) is 3.58. The first kappa shape index (κ1) is 16.1. The number of nitrogens with zero attached hydrogens (tertiary/aromatic N) is 1. The van der Waals surface area contributed by atoms with Crippen LogP contribution < -0.4 is 5.32 Å². The van der Waals surface area contributed by atoms with Crippen LogP contribution in [0.3, 0.4) is 0 Å². The predicted octanol–water partition coefficient (Wildman–Crippen LogP) is 5.17. The molecule has 2 atom stereocenters. The van der Waals surface area contributed by atoms with E-state index < -0.39 is 0 Å². The topological polar surface area (TPSA) is 24.9 Å². The largest absolute Gasteiger partial charge is 0.301 e. The average molecular weight is 306 g/mol. The van der Waals surface area contributed by atoms with Crippen LogP contribution in [0, 0.1) is 12.7 Å². The predicted molar refractivity (Wildman–Crippen MR) is 87.1 cm³/mol. The summed E-state index contributed by atoms with van der Waals surface area (Å²) in [5.41, 5.74) is 2.21. The van der Waals surface area contributed by atoms with Gasteiger partial charge in [-0.3, -0.25) is 0 Å². The molecule has 1 aromatic carbocycles. The second-order valence-corrected chi connectivity index (χ2v) is 6.35. The van der Waals surface area contributed by atoms with Crippen molar-refractivity contribution in [2.45, 2.75) is 52.1 Å². The Kier molecular flexibility index (Phi) is 5.88. The van der Waals surface area contributed by atoms with E-state index in [1.165, 1.54) is 12.1 Å². The number of thiazole rings is 1. The van der Waals surface area contributed by atoms with Gasteiger partial charge in [-0.1, -0.05) is 31.9 Å². The molecule has 0 saturated heterocycles. The highest BCUT2D eigenvalue weighted by atomic mass is 32.1. The first-order chi connectivity index (χ1) is 10.1. The van der Waals surface area contributed by atoms with E-state index in [9.17, 15) is 4.39 Å². The number of unbranched alkanes of at least 4 members (excludes halogenated alkanes) is 1. The van der Waals surface area contributed by atoms with Crippen LogP contribution in [0.15, 0.2) is 29.6 Å². The molecule has 0 radical (unpaired) electrons. The Bertz CT molecular complexity index is 550. The highest BCUT2D eigenvalue weighted by molar-refractivity contribution is 7.09. The lowest BCUT2D eigenvalue weighted by Crippen LogP contribution is -2.24. The van der Waals surface area contributed by atoms with E-state index in [1.54, 1.807) is 11.3 Å². The van der Waals surface area contributed by atoms with Crippen molar-refractivity contribution >= 4 is 11.3 Å². The van der Waals surface area contributed by atoms with Gasteiger partial charge in [0.15, 0.2) is 0 Å². The molecule has 0 amide bonds. The molecule has 114 valence electrons. The van der Waals surface area contributed by atoms with Gasteiger partial charge in [-0.15, -0.1) is 11.3 Å². The molecule has 0 fully saturated rings. The highest BCUT2D eigenvalue weighted by Crippen LogP contribution is 2.25. The minimum absolute atomic E-state index is 0.184. The summed E-state index contributed by atoms with van der Waals surface area (Å²) >= 11 is 1.69. The molecular weight excluding hydrogens is 283 g/mol. The van der Waals surface area contributed by atoms with Crippen LogP contribution in [-0.4, -0.2) is 4.98 Å². The summed E-state index contributed by atoms with van der Waals surface area (Å²) < 4.78 is 13.1. The van der Waals surface area contributed by atoms with Gasteiger partial charge in [0.25, 0.3) is 0 Å². The highest BCUT2D eigenvalue weighted by Gasteiger charge is 2.17. The van der Waals surface area contributed by atoms with Gasteiger partial charge in [-0.05, 0) is 38.0 Å². The van der Waals surface area contributed by atoms with Crippen molar-refractivity contribution in [3.8, 4) is 0 Å². The molecule has 2 aromatic rings. The molecule has 0 saturated carbocycles. The van der Waals surface area contributed by atoms with Crippen molar-refractivity contribution in [2.24, 2.45) is 0 Å². The lowest BCUT2D eigenvalue weighted by atomic mass is 10.0. The summed E-state index contributed by atoms with van der Waals surface area (Å²) in [5, 5.41) is 6.83. The van der Waals surface area contributed by atoms with Crippen LogP contribution in [0.4, 0.5) is 4.39 Å². The molecule has 2 rings (SSSR count). The molecule has 0 spiro atoms. The van der Waals surface area contributed by atoms with Gasteiger partial charge in [0.2, 0.25) is 0 Å². The van der Waals surface area contributed by atoms with E-state index >= 15 is 0 Å². The zero-order valence-corrected chi connectivity index (χ0v) is 13.7. The molecule has 1 N–H and O–H groups in total. The van der Waals surface area contributed by atoms with E-state index in [0.29, 0.717) is 0 Å². The standard InChI is InChI=1S/C17H23FN2S/c1-4-5-6-16(14-7-9-15(18)10-8-14)20-13(3)17-19-12(2)11-21-17/h7-11,13,16,20H,4-6H2,1-3H3. The zero-order valence-electron chi connectivity index (χ0n) is 12.9. The molecule has 0 aliphatic heterocycles. The Morgan fingerprint density at radius 1 is 1.29 bits per heavy atom. The fraction of sp³-hybridized carbons (Fsp3) is 0.471. The maximum absolute atomic E-state index is 13.1. The Hall–Kier alpha value is -1.26. The van der Waals surface area contributed by atoms with Gasteiger partial charge < -0.3 is 5.32 Å². The summed E-state index contributed by atoms with van der Waals surface area (Å²) in [6.07, 6.45) is 3.36. The molecule has 0 aliphatic rings. The molecule has 4 heteroatoms. The molecule has 1 aromatic heterocycles. The van der Waals surface area contributed by atoms with Crippen LogP contribution >= 0.6 is 11.3 Å². The van der Waals surface area contributed by atoms with E-state index in [-0.39, 0.29) is 17.9 Å². The van der Waals surface area contributed by atoms with E-state index in [4.69, 9.17) is 0 Å². The number of hydrogen-bond acceptors (Lipinski definition) is 3. The first-order valence-corrected chi connectivity index (χ1v) is 8.41. The number of hydrogen-bond donors (Lipinski definition) is 1. The monoisotopic (exact) mass is 306 g/mol. The van der Waals surface area contributed by atoms with Crippen molar-refractivity contribution < 1.29 is 4.39 Å². The van der Waals surface area contributed by atoms with Gasteiger partial charge >= 0.3 is 0 Å². The smallest absolute Gasteiger partial charge is 0.123 e. The molecule has 0 bridgehead atoms. The minimum Gasteiger partial charge on any atom is -0.301 e. The summed E-state index contributed by atoms with van der Waals surface area (Å²) in [6.45, 7) is 6.34. The van der Waals surface area contributed by atoms with Crippen LogP contribution in [0.5, 0.6) is 0 Å². The number of halogens is 1. The van der Waals surface area contributed by atoms with Crippen LogP contribution in [0.25, 0.3) is 0 Å². The number of benzene rings is 1. The molecule has 2 unspecified atom stereocenters. The van der Waals surface area contributed by atoms with Crippen molar-refractivity contribution in [3.05, 3.63) is 51.7 Å². The lowest BCUT2D eigenvalue weighted by molar-refractivity contribution is 0.430. The van der Waals surface area contributed by atoms with E-state index in [1.807, 2.05) is 19.1 Å². The molecule has 21 heavy (non-hydrogen) atoms. The van der Waals surface area contributed by atoms with Crippen molar-refractivity contribution in [2.75, 3.05) is 0 Å². The molecular formula is C17H23FN2S. The van der Waals surface area contributed by atoms with Crippen molar-refractivity contribution in [1.29, 1.82) is 0 Å². The molecule has 0 aliphatic carbocycles. The second kappa shape index (κ2) is 7.66. The number of aromatic nitrogens is 1. The van der Waals surface area contributed by atoms with Crippen LogP contribution in [-0.2, 0) is 0 Å². The Morgan fingerprint density at radius 2 is 2.00 bits per heavy atom. The number of rotatable bonds is 7. The Labute approximate surface area is 130 Å². The van der Waals surface area contributed by atoms with Gasteiger partial charge in [0, 0.05) is 17.1 Å². The Morgan fingerprint density at radius 3 is 2.57 bits per heavy atom. The quantitative estimate of drug-likeness (QED) is 0.763. The number of aryl methyl sites for hydroxylation is 1. The summed E-state index contributed by atoms with van der Waals surface area (Å²) in [6, 6.07) is 7.27. The Balaban J connectivity index is 2.10. The maximum Gasteiger partial charge on any atom is 0.123 e. The lowest BCUT2D eigenvalue weighted by Gasteiger charge is -2.23. The number of nitrogens with one attached hydrogen (secondary N) is 1. The van der Waals surface area contributed by atoms with E-state index in [0.717, 1.165) is 35.5 Å². The van der Waals surface area contributed by atoms with Crippen molar-refractivity contribution in [3.63, 3.8) is 0 Å². The van der Waals surface area contributed by atoms with Gasteiger partial charge in [-0.25, -0.2) is 9.37 Å². The fourth-order valence-electron chi connectivity index (χ4n) is 2.39. The zero-order chi connectivity index (χ0) is 15.2. The van der Waals surface area contributed by atoms with Gasteiger partial charge in [0.05, 0.1) is 6.04 Å². The SMILES string of the molecule is CCCCC(NC(C)c1nc(C)cs1)c1ccc(F)cc1. The summed E-state index contributed by atoms with van der Waals surface area (Å²) in [4.78, 5) is 4.55.